The first-order valence-corrected chi connectivity index (χ1v) is 22.2. The quantitative estimate of drug-likeness (QED) is 0.0183. The van der Waals surface area contributed by atoms with E-state index in [-0.39, 0.29) is 24.3 Å². The molecule has 0 aliphatic rings. The molecule has 0 fully saturated rings. The van der Waals surface area contributed by atoms with Crippen LogP contribution in [0.2, 0.25) is 0 Å². The molecule has 2 unspecified atom stereocenters. The summed E-state index contributed by atoms with van der Waals surface area (Å²) in [6.45, 7) is 6.86. The lowest BCUT2D eigenvalue weighted by atomic mass is 10.0. The van der Waals surface area contributed by atoms with Crippen LogP contribution in [0.1, 0.15) is 206 Å². The molecule has 0 heterocycles. The molecular weight excluding hydrogens is 647 g/mol. The van der Waals surface area contributed by atoms with Gasteiger partial charge in [0.2, 0.25) is 5.91 Å². The van der Waals surface area contributed by atoms with Crippen molar-refractivity contribution in [3.63, 3.8) is 0 Å². The number of amides is 2. The number of hydrogen-bond acceptors (Lipinski definition) is 3. The van der Waals surface area contributed by atoms with Crippen molar-refractivity contribution >= 4 is 17.8 Å². The van der Waals surface area contributed by atoms with E-state index in [1.165, 1.54) is 154 Å². The van der Waals surface area contributed by atoms with Gasteiger partial charge in [0.05, 0.1) is 19.1 Å². The smallest absolute Gasteiger partial charge is 0.338 e. The van der Waals surface area contributed by atoms with Crippen molar-refractivity contribution in [2.24, 2.45) is 17.2 Å². The first-order valence-electron chi connectivity index (χ1n) is 22.2. The second kappa shape index (κ2) is 38.6. The average Bonchev–Trinajstić information content (AvgIpc) is 3.13. The van der Waals surface area contributed by atoms with Gasteiger partial charge in [-0.2, -0.15) is 0 Å². The second-order valence-electron chi connectivity index (χ2n) is 15.4. The molecule has 0 saturated heterocycles. The van der Waals surface area contributed by atoms with Gasteiger partial charge in [-0.15, -0.1) is 0 Å². The molecule has 0 bridgehead atoms. The minimum atomic E-state index is -0.643. The minimum absolute atomic E-state index is 0.0365. The fraction of sp³-hybridized carbons (Fsp3) is 0.884. The molecule has 11 N–H and O–H groups in total. The van der Waals surface area contributed by atoms with Gasteiger partial charge in [0.25, 0.3) is 5.91 Å². The van der Waals surface area contributed by atoms with Gasteiger partial charge < -0.3 is 21.7 Å². The predicted octanol–water partition coefficient (Wildman–Crippen LogP) is 6.52. The number of carbonyl (C=O) groups excluding carboxylic acids is 2. The van der Waals surface area contributed by atoms with Crippen LogP contribution in [0.5, 0.6) is 0 Å². The molecule has 0 aliphatic carbocycles. The Bertz CT molecular complexity index is 862. The Kier molecular flexibility index (Phi) is 37.0. The first kappa shape index (κ1) is 49.9. The Morgan fingerprint density at radius 3 is 1.40 bits per heavy atom. The van der Waals surface area contributed by atoms with Crippen LogP contribution in [-0.4, -0.2) is 60.9 Å². The largest absolute Gasteiger partial charge is 0.348 e. The Balaban J connectivity index is 4.44. The fourth-order valence-corrected chi connectivity index (χ4v) is 6.77. The number of allylic oxidation sites excluding steroid dienone is 2. The van der Waals surface area contributed by atoms with Crippen LogP contribution in [0, 0.1) is 0 Å². The normalized spacial score (nSPS) is 12.6. The molecule has 0 aromatic rings. The summed E-state index contributed by atoms with van der Waals surface area (Å²) in [4.78, 5) is 30.9. The van der Waals surface area contributed by atoms with E-state index < -0.39 is 12.1 Å². The van der Waals surface area contributed by atoms with Gasteiger partial charge in [-0.3, -0.25) is 26.0 Å². The van der Waals surface area contributed by atoms with Crippen molar-refractivity contribution in [1.82, 2.24) is 10.2 Å². The zero-order chi connectivity index (χ0) is 38.3. The maximum Gasteiger partial charge on any atom is 0.338 e. The minimum Gasteiger partial charge on any atom is -0.348 e. The van der Waals surface area contributed by atoms with Gasteiger partial charge in [-0.1, -0.05) is 167 Å². The number of nitrogens with one attached hydrogen (secondary N) is 2. The predicted molar refractivity (Wildman–Crippen MR) is 222 cm³/mol. The molecule has 2 amide bonds. The number of nitrogens with zero attached hydrogens (tertiary/aromatic N) is 1. The molecule has 0 aromatic heterocycles. The zero-order valence-corrected chi connectivity index (χ0v) is 34.6. The lowest BCUT2D eigenvalue weighted by Crippen LogP contribution is -2.78. The van der Waals surface area contributed by atoms with Gasteiger partial charge in [0.1, 0.15) is 0 Å². The fourth-order valence-electron chi connectivity index (χ4n) is 6.77. The summed E-state index contributed by atoms with van der Waals surface area (Å²) in [6, 6.07) is -1.17. The Hall–Kier alpha value is -2.13. The molecule has 0 radical (unpaired) electrons. The summed E-state index contributed by atoms with van der Waals surface area (Å²) in [6.07, 6.45) is 42.2. The van der Waals surface area contributed by atoms with Crippen LogP contribution in [-0.2, 0) is 9.59 Å². The molecule has 2 atom stereocenters. The standard InChI is InChI=1S/C43H87N7O2/c1-3-5-7-9-11-13-15-17-19-20-22-24-26-28-30-32-37-50(36-31-29-27-25-23-21-18-16-14-12-10-8-6-4-2)42(52)40(45)38-49-41(51)39(44)34-33-35-48-43(46)47/h17,19,39-40H,3-16,18,20-38,44-45H2,1-2H3,(H,49,51)(H4,46,47,48)/p+2/b19-17-. The van der Waals surface area contributed by atoms with Crippen molar-refractivity contribution in [3.05, 3.63) is 12.2 Å². The summed E-state index contributed by atoms with van der Waals surface area (Å²) >= 11 is 0. The molecule has 306 valence electrons. The lowest BCUT2D eigenvalue weighted by molar-refractivity contribution is -0.459. The van der Waals surface area contributed by atoms with E-state index >= 15 is 0 Å². The van der Waals surface area contributed by atoms with Gasteiger partial charge in [0, 0.05) is 13.1 Å². The number of carbonyl (C=O) groups is 2. The zero-order valence-electron chi connectivity index (χ0n) is 34.6. The summed E-state index contributed by atoms with van der Waals surface area (Å²) in [7, 11) is 0. The molecular formula is C43H89N7O2+2. The van der Waals surface area contributed by atoms with Gasteiger partial charge in [-0.05, 0) is 51.4 Å². The highest BCUT2D eigenvalue weighted by Gasteiger charge is 2.25. The van der Waals surface area contributed by atoms with Crippen molar-refractivity contribution in [3.8, 4) is 0 Å². The van der Waals surface area contributed by atoms with Crippen LogP contribution in [0.15, 0.2) is 12.2 Å². The number of hydrogen-bond donors (Lipinski definition) is 6. The SMILES string of the molecule is CCCCCCCC/C=C\CCCCCCCCN(CCCCCCCCCCCCCCCC)C(=O)C([NH3+])CNC(=O)C(N)CCC[NH+]=C(N)N. The van der Waals surface area contributed by atoms with Crippen LogP contribution >= 0.6 is 0 Å². The summed E-state index contributed by atoms with van der Waals surface area (Å²) in [5.74, 6) is -0.0558. The van der Waals surface area contributed by atoms with E-state index in [2.05, 4.69) is 42.0 Å². The number of guanidine groups is 1. The molecule has 9 heteroatoms. The van der Waals surface area contributed by atoms with E-state index in [1.54, 1.807) is 0 Å². The number of nitrogens with two attached hydrogens (primary N) is 3. The van der Waals surface area contributed by atoms with E-state index in [4.69, 9.17) is 17.2 Å². The highest BCUT2D eigenvalue weighted by Crippen LogP contribution is 2.14. The van der Waals surface area contributed by atoms with Crippen molar-refractivity contribution in [2.45, 2.75) is 219 Å². The number of quaternary nitrogens is 1. The Morgan fingerprint density at radius 1 is 0.615 bits per heavy atom. The summed E-state index contributed by atoms with van der Waals surface area (Å²) in [5, 5.41) is 2.86. The Labute approximate surface area is 321 Å². The number of rotatable bonds is 39. The van der Waals surface area contributed by atoms with E-state index in [0.29, 0.717) is 19.4 Å². The molecule has 0 rings (SSSR count). The first-order chi connectivity index (χ1) is 25.3. The molecule has 0 spiro atoms. The lowest BCUT2D eigenvalue weighted by Gasteiger charge is -2.25. The molecule has 0 aliphatic heterocycles. The molecule has 9 nitrogen and oxygen atoms in total. The van der Waals surface area contributed by atoms with Crippen molar-refractivity contribution in [2.75, 3.05) is 26.2 Å². The van der Waals surface area contributed by atoms with Crippen LogP contribution in [0.3, 0.4) is 0 Å². The third-order valence-corrected chi connectivity index (χ3v) is 10.3. The van der Waals surface area contributed by atoms with Gasteiger partial charge >= 0.3 is 5.96 Å². The average molecular weight is 736 g/mol. The Morgan fingerprint density at radius 2 is 1.00 bits per heavy atom. The van der Waals surface area contributed by atoms with Crippen molar-refractivity contribution < 1.29 is 20.3 Å². The topological polar surface area (TPSA) is 169 Å². The molecule has 52 heavy (non-hydrogen) atoms. The maximum absolute atomic E-state index is 13.5. The van der Waals surface area contributed by atoms with E-state index in [9.17, 15) is 9.59 Å². The van der Waals surface area contributed by atoms with Crippen LogP contribution < -0.4 is 33.2 Å². The highest BCUT2D eigenvalue weighted by molar-refractivity contribution is 5.84. The van der Waals surface area contributed by atoms with Crippen LogP contribution in [0.4, 0.5) is 0 Å². The van der Waals surface area contributed by atoms with Gasteiger partial charge in [-0.25, -0.2) is 0 Å². The second-order valence-corrected chi connectivity index (χ2v) is 15.4. The molecule has 0 aromatic carbocycles. The van der Waals surface area contributed by atoms with E-state index in [0.717, 1.165) is 38.8 Å². The summed E-state index contributed by atoms with van der Waals surface area (Å²) < 4.78 is 0. The maximum atomic E-state index is 13.5. The number of unbranched alkanes of at least 4 members (excludes halogenated alkanes) is 25. The monoisotopic (exact) mass is 736 g/mol. The third-order valence-electron chi connectivity index (χ3n) is 10.3. The third kappa shape index (κ3) is 33.7. The van der Waals surface area contributed by atoms with E-state index in [1.807, 2.05) is 4.90 Å². The van der Waals surface area contributed by atoms with Crippen LogP contribution in [0.25, 0.3) is 0 Å². The summed E-state index contributed by atoms with van der Waals surface area (Å²) in [5.41, 5.74) is 21.0. The highest BCUT2D eigenvalue weighted by atomic mass is 16.2. The van der Waals surface area contributed by atoms with Gasteiger partial charge in [0.15, 0.2) is 6.04 Å². The molecule has 0 saturated carbocycles. The van der Waals surface area contributed by atoms with Crippen molar-refractivity contribution in [1.29, 1.82) is 0 Å².